The number of aromatic amines is 1. The molecule has 0 aliphatic carbocycles. The Morgan fingerprint density at radius 3 is 2.43 bits per heavy atom. The molecule has 0 unspecified atom stereocenters. The predicted molar refractivity (Wildman–Crippen MR) is 71.9 cm³/mol. The summed E-state index contributed by atoms with van der Waals surface area (Å²) in [5.41, 5.74) is -0.643. The van der Waals surface area contributed by atoms with E-state index < -0.39 is 29.7 Å². The minimum absolute atomic E-state index is 0.125. The average Bonchev–Trinajstić information content (AvgIpc) is 2.84. The molecule has 1 aromatic rings. The normalized spacial score (nSPS) is 24.5. The fraction of sp³-hybridized carbons (Fsp3) is 0.667. The largest absolute Gasteiger partial charge is 0.394 e. The van der Waals surface area contributed by atoms with Crippen molar-refractivity contribution in [3.63, 3.8) is 0 Å². The number of aryl methyl sites for hydroxylation is 1. The van der Waals surface area contributed by atoms with Crippen molar-refractivity contribution in [2.75, 3.05) is 19.8 Å². The molecule has 0 saturated carbocycles. The van der Waals surface area contributed by atoms with Crippen LogP contribution in [0.4, 0.5) is 0 Å². The van der Waals surface area contributed by atoms with Crippen molar-refractivity contribution in [3.05, 3.63) is 32.6 Å². The molecule has 5 N–H and O–H groups in total. The molecule has 21 heavy (non-hydrogen) atoms. The summed E-state index contributed by atoms with van der Waals surface area (Å²) in [6.45, 7) is 1.01. The Morgan fingerprint density at radius 2 is 1.95 bits per heavy atom. The van der Waals surface area contributed by atoms with E-state index in [2.05, 4.69) is 4.98 Å². The Hall–Kier alpha value is -1.52. The van der Waals surface area contributed by atoms with E-state index in [0.717, 1.165) is 0 Å². The first-order chi connectivity index (χ1) is 9.94. The maximum atomic E-state index is 11.6. The summed E-state index contributed by atoms with van der Waals surface area (Å²) in [4.78, 5) is 24.9. The molecule has 9 heteroatoms. The molecule has 1 saturated heterocycles. The number of ether oxygens (including phenoxy) is 1. The number of nitrogens with zero attached hydrogens (tertiary/aromatic N) is 1. The lowest BCUT2D eigenvalue weighted by Gasteiger charge is -2.14. The van der Waals surface area contributed by atoms with E-state index >= 15 is 0 Å². The number of rotatable bonds is 3. The Labute approximate surface area is 120 Å². The van der Waals surface area contributed by atoms with Crippen LogP contribution in [0.2, 0.25) is 0 Å². The molecule has 9 nitrogen and oxygen atoms in total. The van der Waals surface area contributed by atoms with Gasteiger partial charge in [0, 0.05) is 18.2 Å². The standard InChI is InChI=1S/C10H14N2O5.C2H6O2/c1-5-3-12(10(16)11-9(5)15)8-2-6(14)7(4-13)17-8;3-1-2-4/h3,6-8,13-14H,2,4H2,1H3,(H,11,15,16);3-4H,1-2H2/t6-,7+,8+;/m0./s1. The van der Waals surface area contributed by atoms with Gasteiger partial charge in [-0.05, 0) is 6.92 Å². The summed E-state index contributed by atoms with van der Waals surface area (Å²) in [5, 5.41) is 33.8. The second-order valence-electron chi connectivity index (χ2n) is 4.54. The van der Waals surface area contributed by atoms with E-state index in [1.165, 1.54) is 10.8 Å². The maximum absolute atomic E-state index is 11.6. The monoisotopic (exact) mass is 304 g/mol. The molecule has 1 fully saturated rings. The third-order valence-corrected chi connectivity index (χ3v) is 2.94. The maximum Gasteiger partial charge on any atom is 0.330 e. The molecule has 1 aliphatic heterocycles. The average molecular weight is 304 g/mol. The molecule has 0 spiro atoms. The molecule has 2 heterocycles. The highest BCUT2D eigenvalue weighted by Gasteiger charge is 2.34. The summed E-state index contributed by atoms with van der Waals surface area (Å²) in [5.74, 6) is 0. The van der Waals surface area contributed by atoms with Crippen molar-refractivity contribution in [3.8, 4) is 0 Å². The van der Waals surface area contributed by atoms with E-state index in [4.69, 9.17) is 20.1 Å². The minimum Gasteiger partial charge on any atom is -0.394 e. The summed E-state index contributed by atoms with van der Waals surface area (Å²) in [6, 6.07) is 0. The van der Waals surface area contributed by atoms with Crippen LogP contribution in [-0.4, -0.2) is 62.0 Å². The first-order valence-corrected chi connectivity index (χ1v) is 6.42. The minimum atomic E-state index is -0.816. The predicted octanol–water partition coefficient (Wildman–Crippen LogP) is -2.54. The number of hydrogen-bond donors (Lipinski definition) is 5. The Balaban J connectivity index is 0.000000491. The second kappa shape index (κ2) is 8.05. The van der Waals surface area contributed by atoms with E-state index in [1.807, 2.05) is 0 Å². The quantitative estimate of drug-likeness (QED) is 0.413. The molecule has 120 valence electrons. The van der Waals surface area contributed by atoms with Crippen molar-refractivity contribution in [1.29, 1.82) is 0 Å². The summed E-state index contributed by atoms with van der Waals surface area (Å²) in [6.07, 6.45) is -0.581. The Bertz CT molecular complexity index is 551. The van der Waals surface area contributed by atoms with Crippen LogP contribution in [0.5, 0.6) is 0 Å². The molecule has 3 atom stereocenters. The van der Waals surface area contributed by atoms with Gasteiger partial charge in [0.2, 0.25) is 0 Å². The van der Waals surface area contributed by atoms with Gasteiger partial charge < -0.3 is 25.2 Å². The Kier molecular flexibility index (Phi) is 6.72. The third-order valence-electron chi connectivity index (χ3n) is 2.94. The first kappa shape index (κ1) is 17.5. The van der Waals surface area contributed by atoms with Crippen LogP contribution in [-0.2, 0) is 4.74 Å². The van der Waals surface area contributed by atoms with Gasteiger partial charge in [0.25, 0.3) is 5.56 Å². The van der Waals surface area contributed by atoms with Gasteiger partial charge in [-0.1, -0.05) is 0 Å². The lowest BCUT2D eigenvalue weighted by atomic mass is 10.2. The van der Waals surface area contributed by atoms with Crippen molar-refractivity contribution in [2.45, 2.75) is 31.8 Å². The molecule has 1 aliphatic rings. The van der Waals surface area contributed by atoms with Crippen LogP contribution in [0.3, 0.4) is 0 Å². The number of H-pyrrole nitrogens is 1. The van der Waals surface area contributed by atoms with Crippen molar-refractivity contribution < 1.29 is 25.2 Å². The first-order valence-electron chi connectivity index (χ1n) is 6.42. The zero-order valence-corrected chi connectivity index (χ0v) is 11.6. The number of aromatic nitrogens is 2. The fourth-order valence-electron chi connectivity index (χ4n) is 1.85. The van der Waals surface area contributed by atoms with Gasteiger partial charge in [0.1, 0.15) is 12.3 Å². The number of aliphatic hydroxyl groups is 4. The lowest BCUT2D eigenvalue weighted by molar-refractivity contribution is -0.0459. The van der Waals surface area contributed by atoms with Crippen LogP contribution in [0.15, 0.2) is 15.8 Å². The third kappa shape index (κ3) is 4.48. The summed E-state index contributed by atoms with van der Waals surface area (Å²) < 4.78 is 6.54. The van der Waals surface area contributed by atoms with E-state index in [0.29, 0.717) is 5.56 Å². The SMILES string of the molecule is Cc1cn([C@H]2C[C@H](O)[C@@H](CO)O2)c(=O)[nH]c1=O.OCCO. The fourth-order valence-corrected chi connectivity index (χ4v) is 1.85. The molecule has 0 bridgehead atoms. The summed E-state index contributed by atoms with van der Waals surface area (Å²) in [7, 11) is 0. The van der Waals surface area contributed by atoms with E-state index in [-0.39, 0.29) is 26.2 Å². The van der Waals surface area contributed by atoms with Crippen molar-refractivity contribution in [2.24, 2.45) is 0 Å². The molecule has 0 aromatic carbocycles. The van der Waals surface area contributed by atoms with Gasteiger partial charge >= 0.3 is 5.69 Å². The van der Waals surface area contributed by atoms with Gasteiger partial charge in [-0.25, -0.2) is 4.79 Å². The van der Waals surface area contributed by atoms with Crippen LogP contribution >= 0.6 is 0 Å². The zero-order chi connectivity index (χ0) is 16.0. The highest BCUT2D eigenvalue weighted by atomic mass is 16.5. The van der Waals surface area contributed by atoms with E-state index in [9.17, 15) is 14.7 Å². The molecular formula is C12H20N2O7. The topological polar surface area (TPSA) is 145 Å². The summed E-state index contributed by atoms with van der Waals surface area (Å²) >= 11 is 0. The zero-order valence-electron chi connectivity index (χ0n) is 11.6. The number of aliphatic hydroxyl groups excluding tert-OH is 4. The van der Waals surface area contributed by atoms with Crippen molar-refractivity contribution >= 4 is 0 Å². The smallest absolute Gasteiger partial charge is 0.330 e. The molecule has 0 amide bonds. The van der Waals surface area contributed by atoms with Gasteiger partial charge in [-0.2, -0.15) is 0 Å². The van der Waals surface area contributed by atoms with Gasteiger partial charge in [-0.15, -0.1) is 0 Å². The highest BCUT2D eigenvalue weighted by molar-refractivity contribution is 5.02. The van der Waals surface area contributed by atoms with E-state index in [1.54, 1.807) is 6.92 Å². The van der Waals surface area contributed by atoms with Gasteiger partial charge in [0.05, 0.1) is 25.9 Å². The van der Waals surface area contributed by atoms with Crippen LogP contribution in [0.25, 0.3) is 0 Å². The highest BCUT2D eigenvalue weighted by Crippen LogP contribution is 2.27. The van der Waals surface area contributed by atoms with Crippen molar-refractivity contribution in [1.82, 2.24) is 9.55 Å². The molecular weight excluding hydrogens is 284 g/mol. The van der Waals surface area contributed by atoms with Crippen LogP contribution in [0, 0.1) is 6.92 Å². The lowest BCUT2D eigenvalue weighted by Crippen LogP contribution is -2.33. The van der Waals surface area contributed by atoms with Crippen LogP contribution < -0.4 is 11.2 Å². The van der Waals surface area contributed by atoms with Crippen LogP contribution in [0.1, 0.15) is 18.2 Å². The van der Waals surface area contributed by atoms with Gasteiger partial charge in [0.15, 0.2) is 0 Å². The number of nitrogens with one attached hydrogen (secondary N) is 1. The van der Waals surface area contributed by atoms with Gasteiger partial charge in [-0.3, -0.25) is 14.3 Å². The number of hydrogen-bond acceptors (Lipinski definition) is 7. The second-order valence-corrected chi connectivity index (χ2v) is 4.54. The Morgan fingerprint density at radius 1 is 1.33 bits per heavy atom. The molecule has 1 aromatic heterocycles. The molecule has 2 rings (SSSR count). The molecule has 0 radical (unpaired) electrons.